The fraction of sp³-hybridized carbons (Fsp3) is 0.312. The predicted octanol–water partition coefficient (Wildman–Crippen LogP) is 7.49. The van der Waals surface area contributed by atoms with Crippen molar-refractivity contribution >= 4 is 40.3 Å². The summed E-state index contributed by atoms with van der Waals surface area (Å²) in [7, 11) is 0. The average Bonchev–Trinajstić information content (AvgIpc) is 3.48. The van der Waals surface area contributed by atoms with Crippen LogP contribution in [-0.2, 0) is 0 Å². The zero-order chi connectivity index (χ0) is 27.1. The van der Waals surface area contributed by atoms with Crippen LogP contribution >= 0.6 is 23.8 Å². The van der Waals surface area contributed by atoms with Gasteiger partial charge in [0, 0.05) is 42.0 Å². The molecular weight excluding hydrogens is 522 g/mol. The Labute approximate surface area is 241 Å². The number of piperidine rings is 1. The van der Waals surface area contributed by atoms with Gasteiger partial charge in [-0.3, -0.25) is 4.98 Å². The predicted molar refractivity (Wildman–Crippen MR) is 165 cm³/mol. The van der Waals surface area contributed by atoms with Crippen molar-refractivity contribution in [3.63, 3.8) is 0 Å². The van der Waals surface area contributed by atoms with E-state index in [0.717, 1.165) is 52.3 Å². The Balaban J connectivity index is 1.44. The first-order valence-corrected chi connectivity index (χ1v) is 14.5. The molecule has 0 spiro atoms. The summed E-state index contributed by atoms with van der Waals surface area (Å²) in [5.74, 6) is 1.30. The van der Waals surface area contributed by atoms with Crippen LogP contribution in [0.3, 0.4) is 0 Å². The third-order valence-corrected chi connectivity index (χ3v) is 8.56. The molecule has 5 nitrogen and oxygen atoms in total. The Bertz CT molecular complexity index is 1460. The Morgan fingerprint density at radius 2 is 1.64 bits per heavy atom. The molecule has 0 radical (unpaired) electrons. The van der Waals surface area contributed by atoms with Gasteiger partial charge in [-0.15, -0.1) is 0 Å². The van der Waals surface area contributed by atoms with Crippen molar-refractivity contribution < 1.29 is 0 Å². The van der Waals surface area contributed by atoms with Crippen LogP contribution in [0, 0.1) is 18.8 Å². The molecule has 39 heavy (non-hydrogen) atoms. The SMILES string of the molecule is Cc1ccc([C@@H]2[C@H](c3ccccn3)NC(=S)N2c2ccc(N3C[C@H](C)C[C@H](C)C3)c(Cl)c2)n1-c1ccccc1. The molecule has 0 amide bonds. The van der Waals surface area contributed by atoms with E-state index in [2.05, 4.69) is 101 Å². The number of halogens is 1. The molecule has 0 bridgehead atoms. The van der Waals surface area contributed by atoms with Crippen LogP contribution in [0.15, 0.2) is 85.1 Å². The van der Waals surface area contributed by atoms with E-state index in [0.29, 0.717) is 16.9 Å². The zero-order valence-electron chi connectivity index (χ0n) is 22.6. The summed E-state index contributed by atoms with van der Waals surface area (Å²) in [4.78, 5) is 9.37. The number of benzene rings is 2. The van der Waals surface area contributed by atoms with Crippen LogP contribution < -0.4 is 15.1 Å². The van der Waals surface area contributed by atoms with Gasteiger partial charge in [0.25, 0.3) is 0 Å². The Morgan fingerprint density at radius 1 is 0.897 bits per heavy atom. The maximum absolute atomic E-state index is 7.01. The first-order valence-electron chi connectivity index (χ1n) is 13.7. The normalized spacial score (nSPS) is 23.2. The molecule has 4 aromatic rings. The summed E-state index contributed by atoms with van der Waals surface area (Å²) in [6, 6.07) is 27.0. The van der Waals surface area contributed by atoms with E-state index in [1.54, 1.807) is 0 Å². The average molecular weight is 556 g/mol. The molecule has 0 saturated carbocycles. The molecule has 4 heterocycles. The first kappa shape index (κ1) is 25.9. The van der Waals surface area contributed by atoms with Crippen molar-refractivity contribution in [1.82, 2.24) is 14.9 Å². The third kappa shape index (κ3) is 4.92. The second kappa shape index (κ2) is 10.7. The number of aromatic nitrogens is 2. The molecule has 2 aromatic heterocycles. The molecule has 200 valence electrons. The van der Waals surface area contributed by atoms with Gasteiger partial charge < -0.3 is 19.7 Å². The van der Waals surface area contributed by atoms with Gasteiger partial charge in [-0.1, -0.05) is 49.7 Å². The second-order valence-electron chi connectivity index (χ2n) is 11.1. The van der Waals surface area contributed by atoms with Crippen LogP contribution in [0.25, 0.3) is 5.69 Å². The summed E-state index contributed by atoms with van der Waals surface area (Å²) < 4.78 is 2.32. The zero-order valence-corrected chi connectivity index (χ0v) is 24.2. The fourth-order valence-corrected chi connectivity index (χ4v) is 7.05. The van der Waals surface area contributed by atoms with Gasteiger partial charge in [0.05, 0.1) is 22.4 Å². The molecule has 0 aliphatic carbocycles. The minimum atomic E-state index is -0.127. The lowest BCUT2D eigenvalue weighted by Crippen LogP contribution is -2.38. The number of aryl methyl sites for hydroxylation is 1. The monoisotopic (exact) mass is 555 g/mol. The summed E-state index contributed by atoms with van der Waals surface area (Å²) in [6.45, 7) is 8.85. The highest BCUT2D eigenvalue weighted by Gasteiger charge is 2.42. The van der Waals surface area contributed by atoms with E-state index < -0.39 is 0 Å². The topological polar surface area (TPSA) is 36.3 Å². The molecule has 6 rings (SSSR count). The summed E-state index contributed by atoms with van der Waals surface area (Å²) in [5, 5.41) is 5.01. The second-order valence-corrected chi connectivity index (χ2v) is 11.8. The fourth-order valence-electron chi connectivity index (χ4n) is 6.41. The van der Waals surface area contributed by atoms with Gasteiger partial charge >= 0.3 is 0 Å². The van der Waals surface area contributed by atoms with Gasteiger partial charge in [0.1, 0.15) is 6.04 Å². The maximum Gasteiger partial charge on any atom is 0.174 e. The molecule has 2 aromatic carbocycles. The lowest BCUT2D eigenvalue weighted by molar-refractivity contribution is 0.357. The van der Waals surface area contributed by atoms with Crippen molar-refractivity contribution in [2.45, 2.75) is 39.3 Å². The Kier molecular flexibility index (Phi) is 7.08. The first-order chi connectivity index (χ1) is 18.9. The number of anilines is 2. The largest absolute Gasteiger partial charge is 0.370 e. The Morgan fingerprint density at radius 3 is 2.33 bits per heavy atom. The number of hydrogen-bond donors (Lipinski definition) is 1. The van der Waals surface area contributed by atoms with Gasteiger partial charge in [0.2, 0.25) is 0 Å². The number of nitrogens with zero attached hydrogens (tertiary/aromatic N) is 4. The van der Waals surface area contributed by atoms with E-state index in [4.69, 9.17) is 28.8 Å². The minimum Gasteiger partial charge on any atom is -0.370 e. The highest BCUT2D eigenvalue weighted by Crippen LogP contribution is 2.44. The number of pyridine rings is 1. The summed E-state index contributed by atoms with van der Waals surface area (Å²) in [6.07, 6.45) is 3.10. The molecule has 2 aliphatic rings. The maximum atomic E-state index is 7.01. The van der Waals surface area contributed by atoms with Crippen LogP contribution in [-0.4, -0.2) is 27.8 Å². The van der Waals surface area contributed by atoms with Crippen LogP contribution in [0.4, 0.5) is 11.4 Å². The molecule has 4 atom stereocenters. The quantitative estimate of drug-likeness (QED) is 0.258. The van der Waals surface area contributed by atoms with E-state index in [1.807, 2.05) is 24.4 Å². The number of hydrogen-bond acceptors (Lipinski definition) is 3. The molecular formula is C32H34ClN5S. The van der Waals surface area contributed by atoms with Crippen LogP contribution in [0.1, 0.15) is 49.4 Å². The van der Waals surface area contributed by atoms with Crippen molar-refractivity contribution in [3.05, 3.63) is 107 Å². The highest BCUT2D eigenvalue weighted by atomic mass is 35.5. The minimum absolute atomic E-state index is 0.127. The molecule has 7 heteroatoms. The molecule has 2 saturated heterocycles. The summed E-state index contributed by atoms with van der Waals surface area (Å²) >= 11 is 13.0. The van der Waals surface area contributed by atoms with E-state index in [1.165, 1.54) is 6.42 Å². The third-order valence-electron chi connectivity index (χ3n) is 7.94. The van der Waals surface area contributed by atoms with Crippen molar-refractivity contribution in [2.75, 3.05) is 22.9 Å². The number of nitrogens with one attached hydrogen (secondary N) is 1. The van der Waals surface area contributed by atoms with Crippen molar-refractivity contribution in [1.29, 1.82) is 0 Å². The van der Waals surface area contributed by atoms with E-state index >= 15 is 0 Å². The highest BCUT2D eigenvalue weighted by molar-refractivity contribution is 7.80. The smallest absolute Gasteiger partial charge is 0.174 e. The van der Waals surface area contributed by atoms with E-state index in [9.17, 15) is 0 Å². The van der Waals surface area contributed by atoms with Crippen LogP contribution in [0.2, 0.25) is 5.02 Å². The van der Waals surface area contributed by atoms with Gasteiger partial charge in [0.15, 0.2) is 5.11 Å². The van der Waals surface area contributed by atoms with Crippen molar-refractivity contribution in [2.24, 2.45) is 11.8 Å². The number of thiocarbonyl (C=S) groups is 1. The molecule has 2 fully saturated rings. The lowest BCUT2D eigenvalue weighted by Gasteiger charge is -2.37. The molecule has 1 N–H and O–H groups in total. The van der Waals surface area contributed by atoms with Gasteiger partial charge in [-0.25, -0.2) is 0 Å². The standard InChI is InChI=1S/C32H34ClN5S/c1-21-17-22(2)20-36(19-21)28-15-13-25(18-26(28)33)38-31(30(35-32(38)39)27-11-7-8-16-34-27)29-14-12-23(3)37(29)24-9-5-4-6-10-24/h4-16,18,21-22,30-31H,17,19-20H2,1-3H3,(H,35,39)/t21-,22+,30-,31+/m0/s1. The molecule has 0 unspecified atom stereocenters. The van der Waals surface area contributed by atoms with Gasteiger partial charge in [-0.05, 0) is 92.0 Å². The van der Waals surface area contributed by atoms with Crippen LogP contribution in [0.5, 0.6) is 0 Å². The Hall–Kier alpha value is -3.35. The van der Waals surface area contributed by atoms with Gasteiger partial charge in [-0.2, -0.15) is 0 Å². The van der Waals surface area contributed by atoms with E-state index in [-0.39, 0.29) is 12.1 Å². The molecule has 2 aliphatic heterocycles. The lowest BCUT2D eigenvalue weighted by atomic mass is 9.91. The van der Waals surface area contributed by atoms with Crippen molar-refractivity contribution in [3.8, 4) is 5.69 Å². The number of rotatable bonds is 5. The summed E-state index contributed by atoms with van der Waals surface area (Å²) in [5.41, 5.74) is 6.44. The number of para-hydroxylation sites is 1.